The lowest BCUT2D eigenvalue weighted by molar-refractivity contribution is -0.136. The highest BCUT2D eigenvalue weighted by atomic mass is 16.2. The minimum absolute atomic E-state index is 0.00278. The number of rotatable bonds is 3. The molecule has 0 aromatic heterocycles. The Balaban J connectivity index is 2.64. The Morgan fingerprint density at radius 2 is 1.83 bits per heavy atom. The summed E-state index contributed by atoms with van der Waals surface area (Å²) in [7, 11) is 0. The van der Waals surface area contributed by atoms with Crippen LogP contribution in [0.5, 0.6) is 0 Å². The second-order valence-corrected chi connectivity index (χ2v) is 4.54. The topological polar surface area (TPSA) is 58.2 Å². The van der Waals surface area contributed by atoms with Crippen LogP contribution in [0.15, 0.2) is 18.2 Å². The van der Waals surface area contributed by atoms with Crippen LogP contribution in [-0.2, 0) is 9.59 Å². The lowest BCUT2D eigenvalue weighted by Gasteiger charge is -2.11. The van der Waals surface area contributed by atoms with Gasteiger partial charge in [0.1, 0.15) is 0 Å². The second kappa shape index (κ2) is 6.19. The highest BCUT2D eigenvalue weighted by Crippen LogP contribution is 2.13. The van der Waals surface area contributed by atoms with E-state index in [0.29, 0.717) is 5.69 Å². The van der Waals surface area contributed by atoms with E-state index < -0.39 is 11.8 Å². The summed E-state index contributed by atoms with van der Waals surface area (Å²) in [4.78, 5) is 23.2. The Kier molecular flexibility index (Phi) is 4.89. The number of anilines is 1. The van der Waals surface area contributed by atoms with Crippen molar-refractivity contribution in [2.24, 2.45) is 0 Å². The molecule has 0 heterocycles. The molecule has 0 unspecified atom stereocenters. The molecule has 0 aliphatic heterocycles. The molecule has 0 spiro atoms. The van der Waals surface area contributed by atoms with Gasteiger partial charge in [0.2, 0.25) is 0 Å². The zero-order valence-corrected chi connectivity index (χ0v) is 11.3. The van der Waals surface area contributed by atoms with Crippen molar-refractivity contribution in [3.8, 4) is 0 Å². The molecule has 18 heavy (non-hydrogen) atoms. The number of benzene rings is 1. The van der Waals surface area contributed by atoms with E-state index in [4.69, 9.17) is 0 Å². The van der Waals surface area contributed by atoms with Crippen molar-refractivity contribution in [1.82, 2.24) is 5.32 Å². The summed E-state index contributed by atoms with van der Waals surface area (Å²) in [6.45, 7) is 7.77. The maximum atomic E-state index is 11.6. The van der Waals surface area contributed by atoms with Crippen LogP contribution in [-0.4, -0.2) is 17.9 Å². The lowest BCUT2D eigenvalue weighted by Crippen LogP contribution is -2.40. The Hall–Kier alpha value is -1.84. The van der Waals surface area contributed by atoms with Crippen LogP contribution < -0.4 is 10.6 Å². The van der Waals surface area contributed by atoms with Crippen molar-refractivity contribution in [3.63, 3.8) is 0 Å². The number of carbonyl (C=O) groups is 2. The predicted molar refractivity (Wildman–Crippen MR) is 72.4 cm³/mol. The van der Waals surface area contributed by atoms with E-state index in [9.17, 15) is 9.59 Å². The molecule has 0 saturated heterocycles. The van der Waals surface area contributed by atoms with E-state index in [1.165, 1.54) is 0 Å². The fraction of sp³-hybridized carbons (Fsp3) is 0.429. The molecule has 4 nitrogen and oxygen atoms in total. The number of carbonyl (C=O) groups excluding carboxylic acids is 2. The molecule has 0 bridgehead atoms. The molecule has 0 saturated carbocycles. The van der Waals surface area contributed by atoms with Gasteiger partial charge in [-0.15, -0.1) is 0 Å². The fourth-order valence-corrected chi connectivity index (χ4v) is 1.40. The van der Waals surface area contributed by atoms with E-state index in [2.05, 4.69) is 10.6 Å². The van der Waals surface area contributed by atoms with Gasteiger partial charge >= 0.3 is 11.8 Å². The molecule has 0 aliphatic rings. The van der Waals surface area contributed by atoms with Gasteiger partial charge in [-0.3, -0.25) is 9.59 Å². The number of aryl methyl sites for hydroxylation is 2. The Labute approximate surface area is 108 Å². The average Bonchev–Trinajstić information content (AvgIpc) is 2.33. The van der Waals surface area contributed by atoms with Gasteiger partial charge in [-0.25, -0.2) is 0 Å². The van der Waals surface area contributed by atoms with Gasteiger partial charge < -0.3 is 10.6 Å². The number of hydrogen-bond donors (Lipinski definition) is 2. The normalized spacial score (nSPS) is 11.8. The second-order valence-electron chi connectivity index (χ2n) is 4.54. The molecular weight excluding hydrogens is 228 g/mol. The van der Waals surface area contributed by atoms with Crippen LogP contribution in [0.2, 0.25) is 0 Å². The molecule has 0 fully saturated rings. The Bertz CT molecular complexity index is 455. The molecule has 2 amide bonds. The SMILES string of the molecule is CC[C@H](C)NC(=O)C(=O)Nc1ccc(C)c(C)c1. The van der Waals surface area contributed by atoms with E-state index in [1.54, 1.807) is 6.07 Å². The zero-order valence-electron chi connectivity index (χ0n) is 11.3. The molecule has 0 radical (unpaired) electrons. The third-order valence-corrected chi connectivity index (χ3v) is 2.96. The summed E-state index contributed by atoms with van der Waals surface area (Å²) in [5.41, 5.74) is 2.87. The molecule has 98 valence electrons. The first-order valence-corrected chi connectivity index (χ1v) is 6.13. The van der Waals surface area contributed by atoms with E-state index in [1.807, 2.05) is 39.8 Å². The lowest BCUT2D eigenvalue weighted by atomic mass is 10.1. The van der Waals surface area contributed by atoms with Gasteiger partial charge in [0, 0.05) is 11.7 Å². The Morgan fingerprint density at radius 3 is 2.39 bits per heavy atom. The van der Waals surface area contributed by atoms with E-state index >= 15 is 0 Å². The van der Waals surface area contributed by atoms with E-state index in [-0.39, 0.29) is 6.04 Å². The molecule has 2 N–H and O–H groups in total. The van der Waals surface area contributed by atoms with Crippen LogP contribution in [0.4, 0.5) is 5.69 Å². The van der Waals surface area contributed by atoms with Gasteiger partial charge in [0.25, 0.3) is 0 Å². The minimum Gasteiger partial charge on any atom is -0.345 e. The van der Waals surface area contributed by atoms with Crippen molar-refractivity contribution >= 4 is 17.5 Å². The molecule has 1 rings (SSSR count). The van der Waals surface area contributed by atoms with Crippen LogP contribution >= 0.6 is 0 Å². The van der Waals surface area contributed by atoms with Crippen molar-refractivity contribution < 1.29 is 9.59 Å². The summed E-state index contributed by atoms with van der Waals surface area (Å²) < 4.78 is 0. The summed E-state index contributed by atoms with van der Waals surface area (Å²) in [6, 6.07) is 5.56. The number of amides is 2. The molecule has 0 aliphatic carbocycles. The van der Waals surface area contributed by atoms with Crippen LogP contribution in [0.25, 0.3) is 0 Å². The van der Waals surface area contributed by atoms with Gasteiger partial charge in [-0.05, 0) is 50.5 Å². The summed E-state index contributed by atoms with van der Waals surface area (Å²) in [6.07, 6.45) is 0.794. The zero-order chi connectivity index (χ0) is 13.7. The van der Waals surface area contributed by atoms with Crippen LogP contribution in [0.1, 0.15) is 31.4 Å². The first kappa shape index (κ1) is 14.2. The molecular formula is C14H20N2O2. The maximum Gasteiger partial charge on any atom is 0.313 e. The quantitative estimate of drug-likeness (QED) is 0.805. The smallest absolute Gasteiger partial charge is 0.313 e. The summed E-state index contributed by atoms with van der Waals surface area (Å²) >= 11 is 0. The molecule has 1 atom stereocenters. The third kappa shape index (κ3) is 3.87. The van der Waals surface area contributed by atoms with Crippen molar-refractivity contribution in [2.45, 2.75) is 40.2 Å². The van der Waals surface area contributed by atoms with Crippen LogP contribution in [0.3, 0.4) is 0 Å². The largest absolute Gasteiger partial charge is 0.345 e. The van der Waals surface area contributed by atoms with Crippen molar-refractivity contribution in [1.29, 1.82) is 0 Å². The van der Waals surface area contributed by atoms with Gasteiger partial charge in [0.05, 0.1) is 0 Å². The van der Waals surface area contributed by atoms with Crippen LogP contribution in [0, 0.1) is 13.8 Å². The predicted octanol–water partition coefficient (Wildman–Crippen LogP) is 2.16. The highest BCUT2D eigenvalue weighted by Gasteiger charge is 2.15. The summed E-state index contributed by atoms with van der Waals surface area (Å²) in [5, 5.41) is 5.21. The van der Waals surface area contributed by atoms with Crippen molar-refractivity contribution in [2.75, 3.05) is 5.32 Å². The van der Waals surface area contributed by atoms with E-state index in [0.717, 1.165) is 17.5 Å². The third-order valence-electron chi connectivity index (χ3n) is 2.96. The summed E-state index contributed by atoms with van der Waals surface area (Å²) in [5.74, 6) is -1.22. The van der Waals surface area contributed by atoms with Gasteiger partial charge in [-0.2, -0.15) is 0 Å². The Morgan fingerprint density at radius 1 is 1.17 bits per heavy atom. The number of hydrogen-bond acceptors (Lipinski definition) is 2. The number of nitrogens with one attached hydrogen (secondary N) is 2. The minimum atomic E-state index is -0.626. The van der Waals surface area contributed by atoms with Gasteiger partial charge in [0.15, 0.2) is 0 Å². The van der Waals surface area contributed by atoms with Crippen molar-refractivity contribution in [3.05, 3.63) is 29.3 Å². The highest BCUT2D eigenvalue weighted by molar-refractivity contribution is 6.39. The fourth-order valence-electron chi connectivity index (χ4n) is 1.40. The first-order chi connectivity index (χ1) is 8.43. The molecule has 1 aromatic carbocycles. The van der Waals surface area contributed by atoms with Gasteiger partial charge in [-0.1, -0.05) is 13.0 Å². The molecule has 1 aromatic rings. The monoisotopic (exact) mass is 248 g/mol. The average molecular weight is 248 g/mol. The molecule has 4 heteroatoms. The maximum absolute atomic E-state index is 11.6. The standard InChI is InChI=1S/C14H20N2O2/c1-5-11(4)15-13(17)14(18)16-12-7-6-9(2)10(3)8-12/h6-8,11H,5H2,1-4H3,(H,15,17)(H,16,18)/t11-/m0/s1. The first-order valence-electron chi connectivity index (χ1n) is 6.13.